The van der Waals surface area contributed by atoms with Gasteiger partial charge < -0.3 is 9.83 Å². The largest absolute Gasteiger partial charge is 0.503 e. The zero-order valence-electron chi connectivity index (χ0n) is 6.51. The minimum Gasteiger partial charge on any atom is -0.503 e. The number of benzene rings is 1. The van der Waals surface area contributed by atoms with Crippen LogP contribution in [0.1, 0.15) is 0 Å². The maximum Gasteiger partial charge on any atom is 0.185 e. The maximum atomic E-state index is 13.1. The summed E-state index contributed by atoms with van der Waals surface area (Å²) in [6.45, 7) is 0. The molecule has 0 fully saturated rings. The molecular formula is C7H3BrClFN2OS. The monoisotopic (exact) mass is 296 g/mol. The van der Waals surface area contributed by atoms with Gasteiger partial charge in [0.15, 0.2) is 16.3 Å². The second kappa shape index (κ2) is 3.60. The fourth-order valence-electron chi connectivity index (χ4n) is 0.984. The van der Waals surface area contributed by atoms with Gasteiger partial charge in [-0.25, -0.2) is 9.38 Å². The molecule has 0 unspecified atom stereocenters. The average Bonchev–Trinajstić information content (AvgIpc) is 2.16. The van der Waals surface area contributed by atoms with Gasteiger partial charge in [-0.3, -0.25) is 0 Å². The number of hydrogen-bond acceptors (Lipinski definition) is 4. The number of phenols is 1. The number of aromatic hydroxyl groups is 1. The SMILES string of the molecule is Oc1c(F)c(Cl)cc2c1N=C(Br)NS2. The first kappa shape index (κ1) is 10.1. The second-order valence-corrected chi connectivity index (χ2v) is 4.48. The molecule has 1 aliphatic rings. The Morgan fingerprint density at radius 1 is 1.64 bits per heavy atom. The van der Waals surface area contributed by atoms with Crippen LogP contribution >= 0.6 is 39.5 Å². The molecule has 0 radical (unpaired) electrons. The minimum atomic E-state index is -0.850. The van der Waals surface area contributed by atoms with Crippen molar-refractivity contribution in [3.05, 3.63) is 16.9 Å². The highest BCUT2D eigenvalue weighted by Crippen LogP contribution is 2.43. The Hall–Kier alpha value is -0.460. The van der Waals surface area contributed by atoms with Crippen LogP contribution in [-0.4, -0.2) is 9.85 Å². The van der Waals surface area contributed by atoms with E-state index in [9.17, 15) is 9.50 Å². The molecule has 2 rings (SSSR count). The van der Waals surface area contributed by atoms with Crippen LogP contribution in [0.15, 0.2) is 16.0 Å². The van der Waals surface area contributed by atoms with E-state index in [0.717, 1.165) is 0 Å². The highest BCUT2D eigenvalue weighted by molar-refractivity contribution is 9.18. The van der Waals surface area contributed by atoms with Gasteiger partial charge in [0.05, 0.1) is 9.92 Å². The van der Waals surface area contributed by atoms with E-state index in [0.29, 0.717) is 9.64 Å². The van der Waals surface area contributed by atoms with Crippen LogP contribution in [0.3, 0.4) is 0 Å². The standard InChI is InChI=1S/C7H3BrClFN2OS/c8-7-11-5-3(14-12-7)1-2(9)4(10)6(5)13/h1,13H,(H,11,12). The Morgan fingerprint density at radius 2 is 2.36 bits per heavy atom. The molecule has 0 amide bonds. The molecule has 14 heavy (non-hydrogen) atoms. The van der Waals surface area contributed by atoms with E-state index in [1.54, 1.807) is 0 Å². The Bertz CT molecular complexity index is 440. The molecular weight excluding hydrogens is 295 g/mol. The third-order valence-corrected chi connectivity index (χ3v) is 3.33. The van der Waals surface area contributed by atoms with Crippen molar-refractivity contribution in [2.24, 2.45) is 4.99 Å². The Morgan fingerprint density at radius 3 is 3.07 bits per heavy atom. The van der Waals surface area contributed by atoms with Crippen molar-refractivity contribution in [3.63, 3.8) is 0 Å². The van der Waals surface area contributed by atoms with E-state index in [-0.39, 0.29) is 10.7 Å². The van der Waals surface area contributed by atoms with Gasteiger partial charge in [-0.15, -0.1) is 0 Å². The first-order valence-electron chi connectivity index (χ1n) is 3.47. The zero-order valence-corrected chi connectivity index (χ0v) is 9.67. The molecule has 74 valence electrons. The lowest BCUT2D eigenvalue weighted by Crippen LogP contribution is -2.11. The van der Waals surface area contributed by atoms with Crippen LogP contribution in [0.2, 0.25) is 5.02 Å². The molecule has 0 saturated carbocycles. The van der Waals surface area contributed by atoms with Gasteiger partial charge in [-0.2, -0.15) is 0 Å². The number of nitrogens with zero attached hydrogens (tertiary/aromatic N) is 1. The predicted molar refractivity (Wildman–Crippen MR) is 58.1 cm³/mol. The summed E-state index contributed by atoms with van der Waals surface area (Å²) < 4.78 is 16.4. The Balaban J connectivity index is 2.68. The summed E-state index contributed by atoms with van der Waals surface area (Å²) in [7, 11) is 0. The van der Waals surface area contributed by atoms with Crippen molar-refractivity contribution in [3.8, 4) is 5.75 Å². The quantitative estimate of drug-likeness (QED) is 0.571. The van der Waals surface area contributed by atoms with Crippen LogP contribution < -0.4 is 4.72 Å². The van der Waals surface area contributed by atoms with Gasteiger partial charge in [0, 0.05) is 0 Å². The summed E-state index contributed by atoms with van der Waals surface area (Å²) in [5, 5.41) is 9.29. The van der Waals surface area contributed by atoms with Crippen molar-refractivity contribution in [1.82, 2.24) is 4.72 Å². The van der Waals surface area contributed by atoms with Gasteiger partial charge in [0.1, 0.15) is 5.69 Å². The fourth-order valence-corrected chi connectivity index (χ4v) is 2.32. The summed E-state index contributed by atoms with van der Waals surface area (Å²) in [4.78, 5) is 4.48. The Kier molecular flexibility index (Phi) is 2.59. The molecule has 0 aromatic heterocycles. The summed E-state index contributed by atoms with van der Waals surface area (Å²) in [6, 6.07) is 1.41. The summed E-state index contributed by atoms with van der Waals surface area (Å²) in [5.41, 5.74) is 0.183. The zero-order chi connectivity index (χ0) is 10.3. The van der Waals surface area contributed by atoms with Gasteiger partial charge in [-0.1, -0.05) is 11.6 Å². The molecule has 1 aromatic rings. The molecule has 0 atom stereocenters. The molecule has 0 saturated heterocycles. The number of hydrogen-bond donors (Lipinski definition) is 2. The maximum absolute atomic E-state index is 13.1. The molecule has 1 heterocycles. The minimum absolute atomic E-state index is 0.122. The first-order valence-corrected chi connectivity index (χ1v) is 5.46. The average molecular weight is 298 g/mol. The van der Waals surface area contributed by atoms with Gasteiger partial charge in [0.25, 0.3) is 0 Å². The Labute approximate surface area is 96.6 Å². The molecule has 1 aromatic carbocycles. The van der Waals surface area contributed by atoms with E-state index in [4.69, 9.17) is 11.6 Å². The van der Waals surface area contributed by atoms with Crippen LogP contribution in [-0.2, 0) is 0 Å². The smallest absolute Gasteiger partial charge is 0.185 e. The van der Waals surface area contributed by atoms with E-state index >= 15 is 0 Å². The van der Waals surface area contributed by atoms with Gasteiger partial charge in [-0.05, 0) is 33.9 Å². The number of aliphatic imine (C=N–C) groups is 1. The number of nitrogens with one attached hydrogen (secondary N) is 1. The first-order chi connectivity index (χ1) is 6.59. The van der Waals surface area contributed by atoms with Crippen LogP contribution in [0.25, 0.3) is 0 Å². The molecule has 0 aliphatic carbocycles. The van der Waals surface area contributed by atoms with E-state index < -0.39 is 11.6 Å². The number of phenolic OH excluding ortho intramolecular Hbond substituents is 1. The third-order valence-electron chi connectivity index (χ3n) is 1.59. The number of amidine groups is 1. The van der Waals surface area contributed by atoms with E-state index in [2.05, 4.69) is 25.6 Å². The summed E-state index contributed by atoms with van der Waals surface area (Å²) >= 11 is 9.83. The van der Waals surface area contributed by atoms with Crippen LogP contribution in [0.5, 0.6) is 5.75 Å². The lowest BCUT2D eigenvalue weighted by atomic mass is 10.3. The molecule has 1 aliphatic heterocycles. The topological polar surface area (TPSA) is 44.6 Å². The van der Waals surface area contributed by atoms with E-state index in [1.807, 2.05) is 0 Å². The fraction of sp³-hybridized carbons (Fsp3) is 0. The third kappa shape index (κ3) is 1.57. The highest BCUT2D eigenvalue weighted by Gasteiger charge is 2.20. The number of rotatable bonds is 0. The van der Waals surface area contributed by atoms with Crippen molar-refractivity contribution in [2.45, 2.75) is 4.90 Å². The molecule has 2 N–H and O–H groups in total. The van der Waals surface area contributed by atoms with Crippen molar-refractivity contribution in [1.29, 1.82) is 0 Å². The van der Waals surface area contributed by atoms with Crippen LogP contribution in [0.4, 0.5) is 10.1 Å². The summed E-state index contributed by atoms with van der Waals surface area (Å²) in [5.74, 6) is -1.38. The van der Waals surface area contributed by atoms with Crippen molar-refractivity contribution >= 4 is 49.9 Å². The molecule has 3 nitrogen and oxygen atoms in total. The molecule has 0 spiro atoms. The second-order valence-electron chi connectivity index (χ2n) is 2.47. The van der Waals surface area contributed by atoms with E-state index in [1.165, 1.54) is 18.0 Å². The number of fused-ring (bicyclic) bond motifs is 1. The molecule has 7 heteroatoms. The van der Waals surface area contributed by atoms with Crippen LogP contribution in [0, 0.1) is 5.82 Å². The molecule has 0 bridgehead atoms. The van der Waals surface area contributed by atoms with Crippen molar-refractivity contribution < 1.29 is 9.50 Å². The number of halogens is 3. The summed E-state index contributed by atoms with van der Waals surface area (Å²) in [6.07, 6.45) is 0. The highest BCUT2D eigenvalue weighted by atomic mass is 79.9. The lowest BCUT2D eigenvalue weighted by Gasteiger charge is -2.14. The normalized spacial score (nSPS) is 14.4. The van der Waals surface area contributed by atoms with Crippen molar-refractivity contribution in [2.75, 3.05) is 0 Å². The van der Waals surface area contributed by atoms with Gasteiger partial charge >= 0.3 is 0 Å². The lowest BCUT2D eigenvalue weighted by molar-refractivity contribution is 0.432. The predicted octanol–water partition coefficient (Wildman–Crippen LogP) is 3.18. The van der Waals surface area contributed by atoms with Gasteiger partial charge in [0.2, 0.25) is 0 Å².